The Bertz CT molecular complexity index is 1250. The van der Waals surface area contributed by atoms with Crippen LogP contribution in [0.25, 0.3) is 21.7 Å². The fourth-order valence-electron chi connectivity index (χ4n) is 3.41. The predicted octanol–water partition coefficient (Wildman–Crippen LogP) is 6.17. The van der Waals surface area contributed by atoms with Gasteiger partial charge in [-0.3, -0.25) is 9.18 Å². The van der Waals surface area contributed by atoms with E-state index in [4.69, 9.17) is 5.48 Å². The number of carbonyl (C=O) groups excluding carboxylic acids is 1. The van der Waals surface area contributed by atoms with Gasteiger partial charge in [-0.05, 0) is 36.1 Å². The van der Waals surface area contributed by atoms with Crippen molar-refractivity contribution in [1.82, 2.24) is 4.57 Å². The molecule has 0 aliphatic heterocycles. The largest absolute Gasteiger partial charge is 0.347 e. The number of hydrogen-bond donors (Lipinski definition) is 0. The monoisotopic (exact) mass is 363 g/mol. The van der Waals surface area contributed by atoms with Crippen molar-refractivity contribution in [3.8, 4) is 0 Å². The molecule has 4 rings (SSSR count). The Labute approximate surface area is 163 Å². The Morgan fingerprint density at radius 3 is 2.44 bits per heavy atom. The molecule has 0 radical (unpaired) electrons. The van der Waals surface area contributed by atoms with Crippen molar-refractivity contribution in [2.24, 2.45) is 0 Å². The number of aromatic nitrogens is 1. The van der Waals surface area contributed by atoms with Crippen molar-refractivity contribution in [3.05, 3.63) is 84.1 Å². The summed E-state index contributed by atoms with van der Waals surface area (Å²) >= 11 is 0. The van der Waals surface area contributed by atoms with Crippen LogP contribution in [0, 0.1) is 0 Å². The first kappa shape index (κ1) is 13.3. The molecule has 3 heteroatoms. The highest BCUT2D eigenvalue weighted by Crippen LogP contribution is 2.27. The second-order valence-electron chi connectivity index (χ2n) is 6.43. The zero-order valence-electron chi connectivity index (χ0n) is 18.8. The number of hydrogen-bond acceptors (Lipinski definition) is 1. The highest BCUT2D eigenvalue weighted by molar-refractivity contribution is 6.21. The molecule has 0 aliphatic rings. The molecule has 0 aliphatic carbocycles. The second kappa shape index (κ2) is 7.75. The molecule has 0 bridgehead atoms. The summed E-state index contributed by atoms with van der Waals surface area (Å²) < 4.78 is 45.7. The van der Waals surface area contributed by atoms with Crippen LogP contribution < -0.4 is 0 Å². The minimum atomic E-state index is -2.83. The standard InChI is InChI=1S/C24H22FNO/c25-15-6-1-7-16-26-17-22(20-12-4-5-14-23(20)26)24(27)21-13-8-10-18-9-2-3-11-19(18)21/h2-5,8-14,17H,1,6-7,15-16H2/i15D2,16D2. The fourth-order valence-corrected chi connectivity index (χ4v) is 3.41. The number of benzene rings is 3. The Morgan fingerprint density at radius 1 is 0.852 bits per heavy atom. The number of rotatable bonds is 7. The average Bonchev–Trinajstić information content (AvgIpc) is 3.12. The molecule has 0 atom stereocenters. The maximum absolute atomic E-state index is 13.5. The van der Waals surface area contributed by atoms with Crippen molar-refractivity contribution in [2.75, 3.05) is 6.63 Å². The van der Waals surface area contributed by atoms with E-state index in [2.05, 4.69) is 0 Å². The minimum absolute atomic E-state index is 0.0373. The minimum Gasteiger partial charge on any atom is -0.347 e. The van der Waals surface area contributed by atoms with Gasteiger partial charge in [-0.2, -0.15) is 0 Å². The van der Waals surface area contributed by atoms with Crippen LogP contribution in [0.5, 0.6) is 0 Å². The molecule has 0 fully saturated rings. The highest BCUT2D eigenvalue weighted by atomic mass is 19.1. The van der Waals surface area contributed by atoms with Gasteiger partial charge in [0.1, 0.15) is 0 Å². The molecule has 4 aromatic rings. The summed E-state index contributed by atoms with van der Waals surface area (Å²) in [5, 5.41) is 2.43. The van der Waals surface area contributed by atoms with Crippen molar-refractivity contribution in [1.29, 1.82) is 0 Å². The number of nitrogens with zero attached hydrogens (tertiary/aromatic N) is 1. The number of alkyl halides is 1. The molecule has 0 spiro atoms. The molecular formula is C24H22FNO. The Hall–Kier alpha value is -2.94. The molecule has 136 valence electrons. The van der Waals surface area contributed by atoms with Crippen LogP contribution in [0.2, 0.25) is 0 Å². The van der Waals surface area contributed by atoms with E-state index >= 15 is 0 Å². The maximum atomic E-state index is 13.5. The summed E-state index contributed by atoms with van der Waals surface area (Å²) in [6.45, 7) is -4.73. The third-order valence-electron chi connectivity index (χ3n) is 4.72. The van der Waals surface area contributed by atoms with E-state index in [1.165, 1.54) is 10.8 Å². The number of carbonyl (C=O) groups is 1. The van der Waals surface area contributed by atoms with Crippen LogP contribution in [0.4, 0.5) is 4.39 Å². The highest BCUT2D eigenvalue weighted by Gasteiger charge is 2.18. The smallest absolute Gasteiger partial charge is 0.195 e. The third-order valence-corrected chi connectivity index (χ3v) is 4.72. The molecule has 0 N–H and O–H groups in total. The normalized spacial score (nSPS) is 14.6. The van der Waals surface area contributed by atoms with Crippen LogP contribution >= 0.6 is 0 Å². The molecule has 0 saturated heterocycles. The van der Waals surface area contributed by atoms with Gasteiger partial charge >= 0.3 is 0 Å². The summed E-state index contributed by atoms with van der Waals surface area (Å²) in [6.07, 6.45) is 1.11. The van der Waals surface area contributed by atoms with Crippen molar-refractivity contribution in [2.45, 2.75) is 25.8 Å². The lowest BCUT2D eigenvalue weighted by Crippen LogP contribution is -2.02. The number of ketones is 1. The van der Waals surface area contributed by atoms with Gasteiger partial charge in [0, 0.05) is 37.5 Å². The van der Waals surface area contributed by atoms with Gasteiger partial charge in [0.15, 0.2) is 5.78 Å². The first-order valence-electron chi connectivity index (χ1n) is 11.0. The first-order chi connectivity index (χ1) is 14.7. The van der Waals surface area contributed by atoms with Crippen molar-refractivity contribution >= 4 is 27.5 Å². The number of fused-ring (bicyclic) bond motifs is 2. The lowest BCUT2D eigenvalue weighted by Gasteiger charge is -2.05. The van der Waals surface area contributed by atoms with Crippen molar-refractivity contribution in [3.63, 3.8) is 0 Å². The molecule has 27 heavy (non-hydrogen) atoms. The number of halogens is 1. The molecule has 3 aromatic carbocycles. The molecule has 1 heterocycles. The van der Waals surface area contributed by atoms with Crippen LogP contribution in [-0.4, -0.2) is 17.0 Å². The summed E-state index contributed by atoms with van der Waals surface area (Å²) in [4.78, 5) is 13.5. The van der Waals surface area contributed by atoms with Gasteiger partial charge in [0.25, 0.3) is 0 Å². The molecule has 2 nitrogen and oxygen atoms in total. The van der Waals surface area contributed by atoms with Crippen molar-refractivity contribution < 1.29 is 14.7 Å². The van der Waals surface area contributed by atoms with Crippen LogP contribution in [0.15, 0.2) is 72.9 Å². The summed E-state index contributed by atoms with van der Waals surface area (Å²) in [5.41, 5.74) is 1.52. The Balaban J connectivity index is 1.77. The first-order valence-corrected chi connectivity index (χ1v) is 8.99. The van der Waals surface area contributed by atoms with E-state index in [0.29, 0.717) is 22.0 Å². The zero-order valence-corrected chi connectivity index (χ0v) is 14.8. The van der Waals surface area contributed by atoms with Crippen LogP contribution in [0.3, 0.4) is 0 Å². The lowest BCUT2D eigenvalue weighted by atomic mass is 9.97. The SMILES string of the molecule is [2H]C([2H])(F)CCCC([2H])([2H])n1cc(C(=O)c2cccc3ccccc23)c2ccccc21. The Morgan fingerprint density at radius 2 is 1.59 bits per heavy atom. The topological polar surface area (TPSA) is 22.0 Å². The van der Waals surface area contributed by atoms with E-state index in [-0.39, 0.29) is 25.0 Å². The Kier molecular flexibility index (Phi) is 3.81. The van der Waals surface area contributed by atoms with E-state index < -0.39 is 13.1 Å². The van der Waals surface area contributed by atoms with E-state index in [1.54, 1.807) is 30.3 Å². The van der Waals surface area contributed by atoms with E-state index in [1.807, 2.05) is 36.4 Å². The lowest BCUT2D eigenvalue weighted by molar-refractivity contribution is 0.104. The quantitative estimate of drug-likeness (QED) is 0.360. The summed E-state index contributed by atoms with van der Waals surface area (Å²) in [7, 11) is 0. The summed E-state index contributed by atoms with van der Waals surface area (Å²) in [5.74, 6) is -0.192. The maximum Gasteiger partial charge on any atom is 0.195 e. The zero-order chi connectivity index (χ0) is 22.2. The molecular weight excluding hydrogens is 337 g/mol. The van der Waals surface area contributed by atoms with Gasteiger partial charge in [0.2, 0.25) is 0 Å². The molecule has 0 unspecified atom stereocenters. The predicted molar refractivity (Wildman–Crippen MR) is 109 cm³/mol. The van der Waals surface area contributed by atoms with Crippen LogP contribution in [0.1, 0.15) is 40.7 Å². The van der Waals surface area contributed by atoms with E-state index in [0.717, 1.165) is 10.8 Å². The van der Waals surface area contributed by atoms with Gasteiger partial charge in [0.05, 0.1) is 9.37 Å². The van der Waals surface area contributed by atoms with E-state index in [9.17, 15) is 9.18 Å². The molecule has 0 amide bonds. The van der Waals surface area contributed by atoms with Gasteiger partial charge in [-0.1, -0.05) is 60.7 Å². The van der Waals surface area contributed by atoms with Crippen LogP contribution in [-0.2, 0) is 6.50 Å². The van der Waals surface area contributed by atoms with Gasteiger partial charge < -0.3 is 4.57 Å². The molecule has 0 saturated carbocycles. The summed E-state index contributed by atoms with van der Waals surface area (Å²) in [6, 6.07) is 20.3. The number of aryl methyl sites for hydroxylation is 1. The third kappa shape index (κ3) is 3.37. The second-order valence-corrected chi connectivity index (χ2v) is 6.43. The van der Waals surface area contributed by atoms with Gasteiger partial charge in [-0.25, -0.2) is 0 Å². The molecule has 1 aromatic heterocycles. The fraction of sp³-hybridized carbons (Fsp3) is 0.208. The number of para-hydroxylation sites is 1. The van der Waals surface area contributed by atoms with Gasteiger partial charge in [-0.15, -0.1) is 0 Å². The average molecular weight is 363 g/mol.